The summed E-state index contributed by atoms with van der Waals surface area (Å²) < 4.78 is 0. The Kier molecular flexibility index (Phi) is 18.8. The van der Waals surface area contributed by atoms with Gasteiger partial charge in [0.1, 0.15) is 0 Å². The number of halogens is 2. The first-order chi connectivity index (χ1) is 10.3. The van der Waals surface area contributed by atoms with Crippen molar-refractivity contribution in [1.29, 1.82) is 0 Å². The molecule has 0 aliphatic heterocycles. The van der Waals surface area contributed by atoms with Crippen LogP contribution in [0.4, 0.5) is 0 Å². The summed E-state index contributed by atoms with van der Waals surface area (Å²) in [5, 5.41) is 0. The average Bonchev–Trinajstić information content (AvgIpc) is 3.17. The molecule has 2 atom stereocenters. The van der Waals surface area contributed by atoms with E-state index in [0.29, 0.717) is 0 Å². The Morgan fingerprint density at radius 3 is 1.54 bits per heavy atom. The van der Waals surface area contributed by atoms with E-state index in [-0.39, 0.29) is 74.2 Å². The number of hydrogen-bond acceptors (Lipinski definition) is 0. The van der Waals surface area contributed by atoms with E-state index in [1.807, 2.05) is 0 Å². The summed E-state index contributed by atoms with van der Waals surface area (Å²) in [6.45, 7) is 4.42. The average molecular weight is 643 g/mol. The van der Waals surface area contributed by atoms with Gasteiger partial charge in [-0.3, -0.25) is 0 Å². The zero-order valence-corrected chi connectivity index (χ0v) is 22.8. The summed E-state index contributed by atoms with van der Waals surface area (Å²) in [7, 11) is 0.750. The normalized spacial score (nSPS) is 24.1. The molecular weight excluding hydrogens is 613 g/mol. The number of rotatable bonds is 0. The second-order valence-electron chi connectivity index (χ2n) is 6.20. The molecule has 0 aromatic heterocycles. The molecule has 4 rings (SSSR count). The molecule has 131 valence electrons. The molecule has 0 aromatic carbocycles. The Bertz CT molecular complexity index is 401. The van der Waals surface area contributed by atoms with Gasteiger partial charge in [0.15, 0.2) is 0 Å². The number of hydrogen-bond donors (Lipinski definition) is 0. The summed E-state index contributed by atoms with van der Waals surface area (Å²) in [6, 6.07) is 0. The van der Waals surface area contributed by atoms with Gasteiger partial charge in [0, 0.05) is 9.52 Å². The molecule has 0 N–H and O–H groups in total. The predicted molar refractivity (Wildman–Crippen MR) is 96.6 cm³/mol. The minimum absolute atomic E-state index is 0. The van der Waals surface area contributed by atoms with Crippen molar-refractivity contribution >= 4 is 9.52 Å². The molecule has 0 nitrogen and oxygen atoms in total. The van der Waals surface area contributed by atoms with Gasteiger partial charge in [-0.25, -0.2) is 36.1 Å². The van der Waals surface area contributed by atoms with E-state index in [1.165, 1.54) is 38.5 Å². The van der Waals surface area contributed by atoms with Crippen molar-refractivity contribution in [2.75, 3.05) is 0 Å². The zero-order chi connectivity index (χ0) is 14.9. The first kappa shape index (κ1) is 27.5. The molecule has 0 bridgehead atoms. The van der Waals surface area contributed by atoms with Crippen LogP contribution in [0.5, 0.6) is 0 Å². The molecule has 24 heavy (non-hydrogen) atoms. The first-order valence-electron chi connectivity index (χ1n) is 8.49. The van der Waals surface area contributed by atoms with Crippen molar-refractivity contribution in [3.8, 4) is 0 Å². The van der Waals surface area contributed by atoms with Gasteiger partial charge in [0.05, 0.1) is 0 Å². The third-order valence-corrected chi connectivity index (χ3v) is 4.42. The minimum atomic E-state index is 0. The van der Waals surface area contributed by atoms with Crippen molar-refractivity contribution in [2.45, 2.75) is 51.6 Å². The largest absolute Gasteiger partial charge is 4.00 e. The van der Waals surface area contributed by atoms with Crippen LogP contribution in [0.2, 0.25) is 13.1 Å². The van der Waals surface area contributed by atoms with Crippen LogP contribution in [-0.2, 0) is 26.2 Å². The fourth-order valence-electron chi connectivity index (χ4n) is 3.33. The van der Waals surface area contributed by atoms with E-state index in [9.17, 15) is 0 Å². The van der Waals surface area contributed by atoms with Crippen molar-refractivity contribution in [2.24, 2.45) is 11.8 Å². The van der Waals surface area contributed by atoms with Crippen molar-refractivity contribution in [3.63, 3.8) is 0 Å². The fraction of sp³-hybridized carbons (Fsp3) is 0.500. The maximum atomic E-state index is 2.37. The van der Waals surface area contributed by atoms with E-state index in [1.54, 1.807) is 11.1 Å². The molecule has 2 saturated carbocycles. The smallest absolute Gasteiger partial charge is 1.00 e. The maximum Gasteiger partial charge on any atom is 4.00 e. The van der Waals surface area contributed by atoms with E-state index in [2.05, 4.69) is 62.4 Å². The van der Waals surface area contributed by atoms with Crippen LogP contribution in [0.1, 0.15) is 38.5 Å². The molecule has 2 unspecified atom stereocenters. The van der Waals surface area contributed by atoms with Gasteiger partial charge in [0.25, 0.3) is 0 Å². The summed E-state index contributed by atoms with van der Waals surface area (Å²) in [5.74, 6) is 1.77. The van der Waals surface area contributed by atoms with E-state index < -0.39 is 0 Å². The third-order valence-electron chi connectivity index (χ3n) is 4.42. The van der Waals surface area contributed by atoms with Gasteiger partial charge < -0.3 is 48.0 Å². The second-order valence-corrected chi connectivity index (χ2v) is 7.35. The molecule has 0 amide bonds. The van der Waals surface area contributed by atoms with Gasteiger partial charge in [-0.15, -0.1) is 37.1 Å². The minimum Gasteiger partial charge on any atom is -1.00 e. The van der Waals surface area contributed by atoms with Gasteiger partial charge in [-0.1, -0.05) is 25.9 Å². The van der Waals surface area contributed by atoms with Crippen molar-refractivity contribution in [1.82, 2.24) is 0 Å². The maximum absolute atomic E-state index is 2.37. The Morgan fingerprint density at radius 2 is 1.21 bits per heavy atom. The first-order valence-corrected chi connectivity index (χ1v) is 10.8. The van der Waals surface area contributed by atoms with Gasteiger partial charge in [0.2, 0.25) is 0 Å². The third kappa shape index (κ3) is 9.27. The van der Waals surface area contributed by atoms with E-state index >= 15 is 0 Å². The molecule has 4 heteroatoms. The molecule has 0 heterocycles. The number of allylic oxidation sites excluding steroid dienone is 8. The SMILES string of the molecule is C1=CCC2CC[CH-]C2=C1.C1=CCC2CC[CH-]C2=C1.C[SiH]C.[I-].[I-].[Zr+4]. The Morgan fingerprint density at radius 1 is 0.833 bits per heavy atom. The van der Waals surface area contributed by atoms with Crippen LogP contribution in [-0.4, -0.2) is 9.52 Å². The van der Waals surface area contributed by atoms with E-state index in [4.69, 9.17) is 0 Å². The monoisotopic (exact) mass is 641 g/mol. The predicted octanol–water partition coefficient (Wildman–Crippen LogP) is -0.501. The summed E-state index contributed by atoms with van der Waals surface area (Å²) in [6.07, 6.45) is 26.1. The van der Waals surface area contributed by atoms with Crippen LogP contribution in [0, 0.1) is 24.7 Å². The van der Waals surface area contributed by atoms with Gasteiger partial charge >= 0.3 is 26.2 Å². The standard InChI is InChI=1S/2C9H11.C2H7Si.2HI.Zr/c2*1-2-5-9-7-3-6-8(9)4-1;1-3-2;;;/h2*1-2,4,6,9H,3,5,7H2;3H,1-2H3;2*1H;/q2*-1;;;;+4/p-2. The molecule has 0 aromatic rings. The van der Waals surface area contributed by atoms with Gasteiger partial charge in [-0.2, -0.15) is 0 Å². The topological polar surface area (TPSA) is 0 Å². The second kappa shape index (κ2) is 16.4. The van der Waals surface area contributed by atoms with Crippen LogP contribution >= 0.6 is 0 Å². The summed E-state index contributed by atoms with van der Waals surface area (Å²) in [5.41, 5.74) is 3.16. The van der Waals surface area contributed by atoms with Crippen LogP contribution in [0.25, 0.3) is 0 Å². The Labute approximate surface area is 205 Å². The molecule has 0 saturated heterocycles. The molecule has 2 fully saturated rings. The molecule has 0 spiro atoms. The summed E-state index contributed by atoms with van der Waals surface area (Å²) >= 11 is 0. The van der Waals surface area contributed by atoms with Crippen LogP contribution in [0.3, 0.4) is 0 Å². The van der Waals surface area contributed by atoms with Crippen molar-refractivity contribution < 1.29 is 74.2 Å². The molecule has 1 radical (unpaired) electrons. The quantitative estimate of drug-likeness (QED) is 0.190. The van der Waals surface area contributed by atoms with E-state index in [0.717, 1.165) is 21.4 Å². The Balaban J connectivity index is 0. The fourth-order valence-corrected chi connectivity index (χ4v) is 3.33. The molecule has 4 aliphatic carbocycles. The zero-order valence-electron chi connectivity index (χ0n) is 14.8. The van der Waals surface area contributed by atoms with Crippen molar-refractivity contribution in [3.05, 3.63) is 60.4 Å². The number of fused-ring (bicyclic) bond motifs is 2. The van der Waals surface area contributed by atoms with Crippen LogP contribution < -0.4 is 48.0 Å². The molecular formula is C20H29I2SiZr. The molecule has 4 aliphatic rings. The van der Waals surface area contributed by atoms with Crippen LogP contribution in [0.15, 0.2) is 47.6 Å². The Hall–Kier alpha value is 1.26. The van der Waals surface area contributed by atoms with Gasteiger partial charge in [-0.05, 0) is 24.7 Å². The summed E-state index contributed by atoms with van der Waals surface area (Å²) in [4.78, 5) is 0.